The summed E-state index contributed by atoms with van der Waals surface area (Å²) in [6, 6.07) is 0. The first-order chi connectivity index (χ1) is 3.17. The summed E-state index contributed by atoms with van der Waals surface area (Å²) in [5.74, 6) is 0.468. The Bertz CT molecular complexity index is 81.8. The average Bonchev–Trinajstić information content (AvgIpc) is 2.13. The van der Waals surface area contributed by atoms with E-state index in [1.165, 1.54) is 0 Å². The summed E-state index contributed by atoms with van der Waals surface area (Å²) in [4.78, 5) is 0. The van der Waals surface area contributed by atoms with Crippen molar-refractivity contribution in [2.75, 3.05) is 6.54 Å². The molecule has 7 heavy (non-hydrogen) atoms. The molecule has 1 aliphatic rings. The Morgan fingerprint density at radius 2 is 2.14 bits per heavy atom. The number of quaternary nitrogens is 1. The molecule has 0 amide bonds. The molecule has 0 aromatic carbocycles. The average molecular weight is 141 g/mol. The summed E-state index contributed by atoms with van der Waals surface area (Å²) in [5.41, 5.74) is 3.67. The summed E-state index contributed by atoms with van der Waals surface area (Å²) in [6.45, 7) is 0.868. The van der Waals surface area contributed by atoms with Crippen LogP contribution in [0.25, 0.3) is 0 Å². The SMILES string of the molecule is [NH3+]C[C@@H]1CC1(Cl)Cl. The van der Waals surface area contributed by atoms with Gasteiger partial charge >= 0.3 is 0 Å². The van der Waals surface area contributed by atoms with Crippen LogP contribution >= 0.6 is 23.2 Å². The smallest absolute Gasteiger partial charge is 0.127 e. The van der Waals surface area contributed by atoms with E-state index in [9.17, 15) is 0 Å². The number of halogens is 2. The van der Waals surface area contributed by atoms with Gasteiger partial charge in [0, 0.05) is 5.92 Å². The highest BCUT2D eigenvalue weighted by atomic mass is 35.5. The van der Waals surface area contributed by atoms with Crippen LogP contribution in [-0.2, 0) is 0 Å². The van der Waals surface area contributed by atoms with Crippen molar-refractivity contribution >= 4 is 23.2 Å². The highest BCUT2D eigenvalue weighted by molar-refractivity contribution is 6.50. The maximum Gasteiger partial charge on any atom is 0.127 e. The molecule has 3 N–H and O–H groups in total. The van der Waals surface area contributed by atoms with Gasteiger partial charge in [-0.1, -0.05) is 0 Å². The van der Waals surface area contributed by atoms with E-state index in [2.05, 4.69) is 5.73 Å². The maximum absolute atomic E-state index is 5.63. The minimum Gasteiger partial charge on any atom is -0.357 e. The fourth-order valence-electron chi connectivity index (χ4n) is 0.583. The third-order valence-corrected chi connectivity index (χ3v) is 2.23. The van der Waals surface area contributed by atoms with E-state index >= 15 is 0 Å². The van der Waals surface area contributed by atoms with Gasteiger partial charge in [-0.15, -0.1) is 23.2 Å². The fraction of sp³-hybridized carbons (Fsp3) is 1.00. The first-order valence-electron chi connectivity index (χ1n) is 2.34. The third kappa shape index (κ3) is 1.01. The Balaban J connectivity index is 2.30. The van der Waals surface area contributed by atoms with Crippen LogP contribution in [0.1, 0.15) is 6.42 Å². The number of alkyl halides is 2. The monoisotopic (exact) mass is 140 g/mol. The molecule has 0 aliphatic heterocycles. The topological polar surface area (TPSA) is 27.6 Å². The first kappa shape index (κ1) is 5.67. The van der Waals surface area contributed by atoms with Crippen molar-refractivity contribution in [2.45, 2.75) is 10.8 Å². The van der Waals surface area contributed by atoms with E-state index in [4.69, 9.17) is 23.2 Å². The van der Waals surface area contributed by atoms with E-state index in [0.717, 1.165) is 13.0 Å². The zero-order valence-corrected chi connectivity index (χ0v) is 5.47. The second-order valence-electron chi connectivity index (χ2n) is 1.95. The maximum atomic E-state index is 5.63. The Morgan fingerprint density at radius 1 is 1.71 bits per heavy atom. The van der Waals surface area contributed by atoms with Crippen LogP contribution in [0.15, 0.2) is 0 Å². The molecular formula is C4H8Cl2N+. The molecule has 0 heterocycles. The van der Waals surface area contributed by atoms with Crippen molar-refractivity contribution in [2.24, 2.45) is 5.92 Å². The molecule has 0 radical (unpaired) electrons. The molecule has 0 aromatic rings. The summed E-state index contributed by atoms with van der Waals surface area (Å²) in [5, 5.41) is 0. The van der Waals surface area contributed by atoms with Gasteiger partial charge in [0.15, 0.2) is 0 Å². The summed E-state index contributed by atoms with van der Waals surface area (Å²) < 4.78 is -0.401. The zero-order valence-electron chi connectivity index (χ0n) is 3.95. The van der Waals surface area contributed by atoms with Gasteiger partial charge in [0.2, 0.25) is 0 Å². The molecule has 1 fully saturated rings. The minimum atomic E-state index is -0.401. The fourth-order valence-corrected chi connectivity index (χ4v) is 1.17. The van der Waals surface area contributed by atoms with Crippen LogP contribution in [0, 0.1) is 5.92 Å². The van der Waals surface area contributed by atoms with Gasteiger partial charge in [-0.3, -0.25) is 0 Å². The molecule has 1 atom stereocenters. The Kier molecular flexibility index (Phi) is 1.22. The van der Waals surface area contributed by atoms with Gasteiger partial charge in [-0.05, 0) is 6.42 Å². The van der Waals surface area contributed by atoms with Crippen molar-refractivity contribution in [1.82, 2.24) is 0 Å². The molecule has 0 unspecified atom stereocenters. The number of hydrogen-bond donors (Lipinski definition) is 1. The molecule has 0 bridgehead atoms. The molecule has 1 aliphatic carbocycles. The van der Waals surface area contributed by atoms with Crippen molar-refractivity contribution < 1.29 is 5.73 Å². The molecule has 0 spiro atoms. The van der Waals surface area contributed by atoms with Crippen LogP contribution < -0.4 is 5.73 Å². The van der Waals surface area contributed by atoms with E-state index in [1.54, 1.807) is 0 Å². The Hall–Kier alpha value is 0.540. The van der Waals surface area contributed by atoms with E-state index in [-0.39, 0.29) is 0 Å². The molecular weight excluding hydrogens is 133 g/mol. The van der Waals surface area contributed by atoms with Crippen LogP contribution in [0.5, 0.6) is 0 Å². The van der Waals surface area contributed by atoms with Crippen molar-refractivity contribution in [3.05, 3.63) is 0 Å². The Morgan fingerprint density at radius 3 is 2.14 bits per heavy atom. The van der Waals surface area contributed by atoms with E-state index in [0.29, 0.717) is 5.92 Å². The quantitative estimate of drug-likeness (QED) is 0.512. The van der Waals surface area contributed by atoms with Gasteiger partial charge in [0.1, 0.15) is 4.33 Å². The molecule has 42 valence electrons. The molecule has 3 heteroatoms. The standard InChI is InChI=1S/C4H7Cl2N/c5-4(6)1-3(4)2-7/h3H,1-2,7H2/p+1/t3-/m0/s1. The molecule has 1 rings (SSSR count). The normalized spacial score (nSPS) is 35.6. The predicted octanol–water partition coefficient (Wildman–Crippen LogP) is 0.422. The predicted molar refractivity (Wildman–Crippen MR) is 30.3 cm³/mol. The minimum absolute atomic E-state index is 0.401. The number of hydrogen-bond acceptors (Lipinski definition) is 0. The molecule has 1 saturated carbocycles. The molecule has 0 saturated heterocycles. The largest absolute Gasteiger partial charge is 0.357 e. The van der Waals surface area contributed by atoms with E-state index in [1.807, 2.05) is 0 Å². The summed E-state index contributed by atoms with van der Waals surface area (Å²) >= 11 is 11.3. The van der Waals surface area contributed by atoms with Gasteiger partial charge in [0.25, 0.3) is 0 Å². The zero-order chi connectivity index (χ0) is 5.49. The van der Waals surface area contributed by atoms with Gasteiger partial charge in [0.05, 0.1) is 6.54 Å². The summed E-state index contributed by atoms with van der Waals surface area (Å²) in [7, 11) is 0. The lowest BCUT2D eigenvalue weighted by molar-refractivity contribution is -0.372. The first-order valence-corrected chi connectivity index (χ1v) is 3.09. The van der Waals surface area contributed by atoms with Gasteiger partial charge in [-0.25, -0.2) is 0 Å². The third-order valence-electron chi connectivity index (χ3n) is 1.30. The second-order valence-corrected chi connectivity index (χ2v) is 3.49. The van der Waals surface area contributed by atoms with Gasteiger partial charge < -0.3 is 5.73 Å². The highest BCUT2D eigenvalue weighted by Crippen LogP contribution is 2.51. The lowest BCUT2D eigenvalue weighted by atomic mass is 10.4. The molecule has 0 aromatic heterocycles. The molecule has 1 nitrogen and oxygen atoms in total. The van der Waals surface area contributed by atoms with E-state index < -0.39 is 4.33 Å². The lowest BCUT2D eigenvalue weighted by Crippen LogP contribution is -2.51. The Labute approximate surface area is 52.8 Å². The van der Waals surface area contributed by atoms with Crippen LogP contribution in [0.3, 0.4) is 0 Å². The van der Waals surface area contributed by atoms with Gasteiger partial charge in [-0.2, -0.15) is 0 Å². The van der Waals surface area contributed by atoms with Crippen LogP contribution in [-0.4, -0.2) is 10.9 Å². The summed E-state index contributed by atoms with van der Waals surface area (Å²) in [6.07, 6.45) is 0.930. The number of rotatable bonds is 1. The highest BCUT2D eigenvalue weighted by Gasteiger charge is 2.52. The lowest BCUT2D eigenvalue weighted by Gasteiger charge is -1.88. The van der Waals surface area contributed by atoms with Crippen molar-refractivity contribution in [1.29, 1.82) is 0 Å². The van der Waals surface area contributed by atoms with Crippen molar-refractivity contribution in [3.8, 4) is 0 Å². The van der Waals surface area contributed by atoms with Crippen molar-refractivity contribution in [3.63, 3.8) is 0 Å². The van der Waals surface area contributed by atoms with Crippen LogP contribution in [0.4, 0.5) is 0 Å². The second kappa shape index (κ2) is 1.51. The van der Waals surface area contributed by atoms with Crippen LogP contribution in [0.2, 0.25) is 0 Å².